The second-order valence-electron chi connectivity index (χ2n) is 10.3. The van der Waals surface area contributed by atoms with Crippen LogP contribution in [0.2, 0.25) is 0 Å². The van der Waals surface area contributed by atoms with Gasteiger partial charge in [0.2, 0.25) is 5.95 Å². The van der Waals surface area contributed by atoms with E-state index in [0.717, 1.165) is 44.5 Å². The maximum absolute atomic E-state index is 6.08. The number of hydrogen-bond donors (Lipinski definition) is 0. The first-order valence-corrected chi connectivity index (χ1v) is 13.7. The van der Waals surface area contributed by atoms with E-state index >= 15 is 0 Å². The molecule has 0 spiro atoms. The Bertz CT molecular complexity index is 2370. The summed E-state index contributed by atoms with van der Waals surface area (Å²) >= 11 is 0. The van der Waals surface area contributed by atoms with Gasteiger partial charge >= 0.3 is 0 Å². The van der Waals surface area contributed by atoms with Gasteiger partial charge in [-0.2, -0.15) is 0 Å². The fourth-order valence-electron chi connectivity index (χ4n) is 6.33. The van der Waals surface area contributed by atoms with Gasteiger partial charge in [0.1, 0.15) is 11.2 Å². The Morgan fingerprint density at radius 1 is 0.488 bits per heavy atom. The van der Waals surface area contributed by atoms with Crippen LogP contribution >= 0.6 is 0 Å². The molecule has 5 nitrogen and oxygen atoms in total. The smallest absolute Gasteiger partial charge is 0.236 e. The minimum Gasteiger partial charge on any atom is -0.460 e. The molecule has 9 rings (SSSR count). The summed E-state index contributed by atoms with van der Waals surface area (Å²) in [7, 11) is 0. The van der Waals surface area contributed by atoms with Gasteiger partial charge in [-0.3, -0.25) is 4.57 Å². The van der Waals surface area contributed by atoms with E-state index in [0.29, 0.717) is 11.5 Å². The molecule has 0 saturated heterocycles. The summed E-state index contributed by atoms with van der Waals surface area (Å²) in [5, 5.41) is 4.71. The standard InChI is InChI=1S/C36H22N4O/c1-2-11-23(12-3-1)39-30-18-7-6-15-26(30)27-16-10-17-28(34(27)39)33-35-29(21-22-41-35)37-36(38-33)40-31-19-8-4-13-24(31)25-14-5-9-20-32(25)40/h1-22H. The molecule has 0 amide bonds. The molecule has 0 bridgehead atoms. The van der Waals surface area contributed by atoms with Crippen molar-refractivity contribution in [3.05, 3.63) is 134 Å². The van der Waals surface area contributed by atoms with Crippen molar-refractivity contribution in [1.29, 1.82) is 0 Å². The average Bonchev–Trinajstić information content (AvgIpc) is 3.73. The van der Waals surface area contributed by atoms with Crippen LogP contribution in [0.5, 0.6) is 0 Å². The zero-order valence-electron chi connectivity index (χ0n) is 21.9. The van der Waals surface area contributed by atoms with Crippen LogP contribution in [-0.4, -0.2) is 19.1 Å². The summed E-state index contributed by atoms with van der Waals surface area (Å²) in [6.07, 6.45) is 1.70. The fraction of sp³-hybridized carbons (Fsp3) is 0. The lowest BCUT2D eigenvalue weighted by Gasteiger charge is -2.13. The second kappa shape index (κ2) is 8.41. The Balaban J connectivity index is 1.42. The van der Waals surface area contributed by atoms with E-state index < -0.39 is 0 Å². The van der Waals surface area contributed by atoms with Crippen LogP contribution in [0.3, 0.4) is 0 Å². The van der Waals surface area contributed by atoms with E-state index in [1.807, 2.05) is 12.1 Å². The first kappa shape index (κ1) is 22.2. The van der Waals surface area contributed by atoms with Gasteiger partial charge in [-0.05, 0) is 30.3 Å². The molecule has 0 fully saturated rings. The van der Waals surface area contributed by atoms with Crippen LogP contribution in [0.4, 0.5) is 0 Å². The number of nitrogens with zero attached hydrogens (tertiary/aromatic N) is 4. The Kier molecular flexibility index (Phi) is 4.55. The summed E-state index contributed by atoms with van der Waals surface area (Å²) in [6, 6.07) is 44.3. The van der Waals surface area contributed by atoms with E-state index in [9.17, 15) is 0 Å². The number of rotatable bonds is 3. The number of benzene rings is 5. The molecule has 0 aliphatic rings. The van der Waals surface area contributed by atoms with Crippen LogP contribution < -0.4 is 0 Å². The normalized spacial score (nSPS) is 11.9. The monoisotopic (exact) mass is 526 g/mol. The molecule has 0 N–H and O–H groups in total. The largest absolute Gasteiger partial charge is 0.460 e. The van der Waals surface area contributed by atoms with Crippen molar-refractivity contribution >= 4 is 54.7 Å². The van der Waals surface area contributed by atoms with Crippen molar-refractivity contribution in [3.8, 4) is 22.9 Å². The molecule has 5 heteroatoms. The molecular formula is C36H22N4O. The first-order valence-electron chi connectivity index (χ1n) is 13.7. The quantitative estimate of drug-likeness (QED) is 0.231. The third-order valence-electron chi connectivity index (χ3n) is 8.04. The summed E-state index contributed by atoms with van der Waals surface area (Å²) in [5.74, 6) is 0.616. The van der Waals surface area contributed by atoms with E-state index in [1.54, 1.807) is 6.26 Å². The lowest BCUT2D eigenvalue weighted by molar-refractivity contribution is 0.614. The average molecular weight is 527 g/mol. The molecule has 4 aromatic heterocycles. The lowest BCUT2D eigenvalue weighted by Crippen LogP contribution is -2.03. The van der Waals surface area contributed by atoms with E-state index in [-0.39, 0.29) is 0 Å². The highest BCUT2D eigenvalue weighted by Gasteiger charge is 2.22. The highest BCUT2D eigenvalue weighted by atomic mass is 16.3. The lowest BCUT2D eigenvalue weighted by atomic mass is 10.1. The Morgan fingerprint density at radius 3 is 1.78 bits per heavy atom. The topological polar surface area (TPSA) is 48.8 Å². The van der Waals surface area contributed by atoms with Crippen LogP contribution in [0.1, 0.15) is 0 Å². The molecule has 9 aromatic rings. The molecule has 0 saturated carbocycles. The van der Waals surface area contributed by atoms with Gasteiger partial charge in [-0.1, -0.05) is 91.0 Å². The third-order valence-corrected chi connectivity index (χ3v) is 8.04. The van der Waals surface area contributed by atoms with Crippen molar-refractivity contribution in [1.82, 2.24) is 19.1 Å². The summed E-state index contributed by atoms with van der Waals surface area (Å²) in [6.45, 7) is 0. The molecule has 0 unspecified atom stereocenters. The molecular weight excluding hydrogens is 504 g/mol. The highest BCUT2D eigenvalue weighted by molar-refractivity contribution is 6.15. The molecule has 0 radical (unpaired) electrons. The van der Waals surface area contributed by atoms with Gasteiger partial charge in [0, 0.05) is 38.9 Å². The van der Waals surface area contributed by atoms with E-state index in [4.69, 9.17) is 14.4 Å². The maximum Gasteiger partial charge on any atom is 0.236 e. The third kappa shape index (κ3) is 3.11. The summed E-state index contributed by atoms with van der Waals surface area (Å²) < 4.78 is 10.6. The predicted octanol–water partition coefficient (Wildman–Crippen LogP) is 9.08. The van der Waals surface area contributed by atoms with Crippen LogP contribution in [0, 0.1) is 0 Å². The zero-order valence-corrected chi connectivity index (χ0v) is 21.9. The SMILES string of the molecule is c1ccc(-n2c3ccccc3c3cccc(-c4nc(-n5c6ccccc6c6ccccc65)nc5ccoc45)c32)cc1. The molecule has 41 heavy (non-hydrogen) atoms. The zero-order chi connectivity index (χ0) is 26.9. The van der Waals surface area contributed by atoms with Crippen LogP contribution in [0.15, 0.2) is 138 Å². The second-order valence-corrected chi connectivity index (χ2v) is 10.3. The molecule has 0 atom stereocenters. The minimum absolute atomic E-state index is 0.616. The molecule has 5 aromatic carbocycles. The maximum atomic E-state index is 6.08. The molecule has 0 aliphatic carbocycles. The van der Waals surface area contributed by atoms with Crippen molar-refractivity contribution in [2.45, 2.75) is 0 Å². The Hall–Kier alpha value is -5.68. The Labute approximate surface area is 234 Å². The molecule has 4 heterocycles. The van der Waals surface area contributed by atoms with Gasteiger partial charge in [0.25, 0.3) is 0 Å². The summed E-state index contributed by atoms with van der Waals surface area (Å²) in [4.78, 5) is 10.3. The summed E-state index contributed by atoms with van der Waals surface area (Å²) in [5.41, 5.74) is 8.67. The van der Waals surface area contributed by atoms with Gasteiger partial charge in [0.15, 0.2) is 5.58 Å². The van der Waals surface area contributed by atoms with Crippen molar-refractivity contribution in [3.63, 3.8) is 0 Å². The molecule has 0 aliphatic heterocycles. The number of para-hydroxylation sites is 5. The Morgan fingerprint density at radius 2 is 1.07 bits per heavy atom. The number of furan rings is 1. The number of hydrogen-bond acceptors (Lipinski definition) is 3. The predicted molar refractivity (Wildman–Crippen MR) is 166 cm³/mol. The fourth-order valence-corrected chi connectivity index (χ4v) is 6.33. The molecule has 192 valence electrons. The first-order chi connectivity index (χ1) is 20.4. The van der Waals surface area contributed by atoms with Gasteiger partial charge in [-0.15, -0.1) is 0 Å². The number of aromatic nitrogens is 4. The van der Waals surface area contributed by atoms with E-state index in [2.05, 4.69) is 124 Å². The minimum atomic E-state index is 0.616. The van der Waals surface area contributed by atoms with Crippen molar-refractivity contribution < 1.29 is 4.42 Å². The van der Waals surface area contributed by atoms with Crippen molar-refractivity contribution in [2.24, 2.45) is 0 Å². The van der Waals surface area contributed by atoms with E-state index in [1.165, 1.54) is 21.5 Å². The highest BCUT2D eigenvalue weighted by Crippen LogP contribution is 2.40. The number of fused-ring (bicyclic) bond motifs is 7. The van der Waals surface area contributed by atoms with Crippen molar-refractivity contribution in [2.75, 3.05) is 0 Å². The van der Waals surface area contributed by atoms with Gasteiger partial charge < -0.3 is 8.98 Å². The van der Waals surface area contributed by atoms with Crippen LogP contribution in [0.25, 0.3) is 77.6 Å². The van der Waals surface area contributed by atoms with Gasteiger partial charge in [0.05, 0.1) is 28.3 Å². The van der Waals surface area contributed by atoms with Crippen LogP contribution in [-0.2, 0) is 0 Å². The van der Waals surface area contributed by atoms with Gasteiger partial charge in [-0.25, -0.2) is 9.97 Å².